The van der Waals surface area contributed by atoms with Gasteiger partial charge in [-0.25, -0.2) is 4.79 Å². The first-order valence-corrected chi connectivity index (χ1v) is 6.33. The largest absolute Gasteiger partial charge is 0.478 e. The van der Waals surface area contributed by atoms with E-state index < -0.39 is 12.0 Å². The highest BCUT2D eigenvalue weighted by Crippen LogP contribution is 2.20. The van der Waals surface area contributed by atoms with Gasteiger partial charge in [-0.05, 0) is 24.1 Å². The molecule has 0 heterocycles. The van der Waals surface area contributed by atoms with Crippen LogP contribution in [0, 0.1) is 5.92 Å². The van der Waals surface area contributed by atoms with Crippen molar-refractivity contribution in [1.82, 2.24) is 0 Å². The van der Waals surface area contributed by atoms with E-state index in [9.17, 15) is 9.59 Å². The molecule has 1 amide bonds. The van der Waals surface area contributed by atoms with Crippen LogP contribution >= 0.6 is 11.6 Å². The molecule has 0 saturated carbocycles. The number of aromatic carboxylic acids is 1. The zero-order valence-electron chi connectivity index (χ0n) is 10.8. The number of nitrogens with two attached hydrogens (primary N) is 1. The maximum atomic E-state index is 11.9. The van der Waals surface area contributed by atoms with Gasteiger partial charge in [0.15, 0.2) is 0 Å². The average Bonchev–Trinajstić information content (AvgIpc) is 2.35. The Morgan fingerprint density at radius 3 is 2.58 bits per heavy atom. The van der Waals surface area contributed by atoms with Crippen molar-refractivity contribution in [3.05, 3.63) is 28.8 Å². The van der Waals surface area contributed by atoms with E-state index in [0.717, 1.165) is 6.42 Å². The fraction of sp³-hybridized carbons (Fsp3) is 0.385. The first-order chi connectivity index (χ1) is 8.85. The summed E-state index contributed by atoms with van der Waals surface area (Å²) >= 11 is 5.80. The van der Waals surface area contributed by atoms with Crippen molar-refractivity contribution in [2.45, 2.75) is 26.3 Å². The number of hydrogen-bond acceptors (Lipinski definition) is 3. The molecule has 0 spiro atoms. The Bertz CT molecular complexity index is 491. The number of hydrogen-bond donors (Lipinski definition) is 3. The van der Waals surface area contributed by atoms with Crippen molar-refractivity contribution in [3.8, 4) is 0 Å². The number of nitrogens with one attached hydrogen (secondary N) is 1. The van der Waals surface area contributed by atoms with Gasteiger partial charge >= 0.3 is 5.97 Å². The van der Waals surface area contributed by atoms with E-state index in [4.69, 9.17) is 22.4 Å². The number of benzene rings is 1. The summed E-state index contributed by atoms with van der Waals surface area (Å²) < 4.78 is 0. The van der Waals surface area contributed by atoms with Gasteiger partial charge in [-0.3, -0.25) is 4.79 Å². The Hall–Kier alpha value is -1.59. The smallest absolute Gasteiger partial charge is 0.335 e. The summed E-state index contributed by atoms with van der Waals surface area (Å²) in [4.78, 5) is 22.8. The molecule has 0 bridgehead atoms. The van der Waals surface area contributed by atoms with Crippen LogP contribution < -0.4 is 11.1 Å². The van der Waals surface area contributed by atoms with Crippen LogP contribution in [-0.2, 0) is 4.79 Å². The Balaban J connectivity index is 2.88. The minimum absolute atomic E-state index is 0.0138. The fourth-order valence-electron chi connectivity index (χ4n) is 1.52. The molecule has 1 rings (SSSR count). The van der Waals surface area contributed by atoms with Gasteiger partial charge in [0.05, 0.1) is 11.6 Å². The van der Waals surface area contributed by atoms with E-state index in [1.807, 2.05) is 13.8 Å². The van der Waals surface area contributed by atoms with Crippen LogP contribution in [0.1, 0.15) is 30.6 Å². The first kappa shape index (κ1) is 15.5. The summed E-state index contributed by atoms with van der Waals surface area (Å²) in [6.45, 7) is 3.82. The first-order valence-electron chi connectivity index (χ1n) is 5.95. The monoisotopic (exact) mass is 284 g/mol. The van der Waals surface area contributed by atoms with Crippen molar-refractivity contribution >= 4 is 29.2 Å². The molecule has 0 unspecified atom stereocenters. The molecule has 104 valence electrons. The van der Waals surface area contributed by atoms with Gasteiger partial charge in [-0.2, -0.15) is 0 Å². The number of carboxylic acid groups (broad SMARTS) is 1. The predicted octanol–water partition coefficient (Wildman–Crippen LogP) is 2.35. The molecule has 1 aromatic rings. The van der Waals surface area contributed by atoms with Crippen LogP contribution in [0.2, 0.25) is 5.02 Å². The molecule has 2 atom stereocenters. The predicted molar refractivity (Wildman–Crippen MR) is 74.5 cm³/mol. The molecule has 0 fully saturated rings. The molecule has 0 saturated heterocycles. The van der Waals surface area contributed by atoms with E-state index in [2.05, 4.69) is 5.32 Å². The van der Waals surface area contributed by atoms with Crippen LogP contribution in [0.15, 0.2) is 18.2 Å². The Morgan fingerprint density at radius 2 is 2.05 bits per heavy atom. The lowest BCUT2D eigenvalue weighted by molar-refractivity contribution is -0.118. The summed E-state index contributed by atoms with van der Waals surface area (Å²) in [5.41, 5.74) is 6.13. The molecule has 6 heteroatoms. The summed E-state index contributed by atoms with van der Waals surface area (Å²) in [6.07, 6.45) is 0.782. The topological polar surface area (TPSA) is 92.4 Å². The molecule has 0 radical (unpaired) electrons. The zero-order valence-corrected chi connectivity index (χ0v) is 11.6. The van der Waals surface area contributed by atoms with Crippen LogP contribution in [0.5, 0.6) is 0 Å². The minimum atomic E-state index is -1.11. The molecule has 0 aromatic heterocycles. The third-order valence-corrected chi connectivity index (χ3v) is 3.19. The third kappa shape index (κ3) is 4.22. The number of halogens is 1. The van der Waals surface area contributed by atoms with Crippen molar-refractivity contribution in [2.24, 2.45) is 11.7 Å². The summed E-state index contributed by atoms with van der Waals surface area (Å²) in [6, 6.07) is 3.50. The van der Waals surface area contributed by atoms with E-state index in [1.165, 1.54) is 18.2 Å². The molecule has 0 aliphatic heterocycles. The van der Waals surface area contributed by atoms with Crippen molar-refractivity contribution in [3.63, 3.8) is 0 Å². The molecule has 0 aliphatic carbocycles. The second kappa shape index (κ2) is 6.54. The van der Waals surface area contributed by atoms with Crippen LogP contribution in [-0.4, -0.2) is 23.0 Å². The van der Waals surface area contributed by atoms with Crippen LogP contribution in [0.3, 0.4) is 0 Å². The summed E-state index contributed by atoms with van der Waals surface area (Å²) in [7, 11) is 0. The van der Waals surface area contributed by atoms with E-state index in [0.29, 0.717) is 5.69 Å². The quantitative estimate of drug-likeness (QED) is 0.774. The number of carbonyl (C=O) groups excluding carboxylic acids is 1. The molecule has 0 aliphatic rings. The number of rotatable bonds is 5. The minimum Gasteiger partial charge on any atom is -0.478 e. The van der Waals surface area contributed by atoms with E-state index in [1.54, 1.807) is 0 Å². The molecular formula is C13H17ClN2O3. The number of carbonyl (C=O) groups is 2. The maximum absolute atomic E-state index is 11.9. The van der Waals surface area contributed by atoms with Crippen molar-refractivity contribution < 1.29 is 14.7 Å². The highest BCUT2D eigenvalue weighted by molar-refractivity contribution is 6.31. The number of anilines is 1. The van der Waals surface area contributed by atoms with E-state index in [-0.39, 0.29) is 22.4 Å². The lowest BCUT2D eigenvalue weighted by atomic mass is 9.99. The van der Waals surface area contributed by atoms with Crippen molar-refractivity contribution in [1.29, 1.82) is 0 Å². The second-order valence-electron chi connectivity index (χ2n) is 4.43. The molecule has 19 heavy (non-hydrogen) atoms. The standard InChI is InChI=1S/C13H17ClN2O3/c1-3-7(2)11(15)12(17)16-10-5-8(13(18)19)4-9(14)6-10/h4-7,11H,3,15H2,1-2H3,(H,16,17)(H,18,19)/t7-,11-/m0/s1. The van der Waals surface area contributed by atoms with Gasteiger partial charge in [-0.15, -0.1) is 0 Å². The average molecular weight is 285 g/mol. The summed E-state index contributed by atoms with van der Waals surface area (Å²) in [5, 5.41) is 11.7. The van der Waals surface area contributed by atoms with Crippen LogP contribution in [0.25, 0.3) is 0 Å². The number of amides is 1. The number of carboxylic acids is 1. The highest BCUT2D eigenvalue weighted by Gasteiger charge is 2.19. The zero-order chi connectivity index (χ0) is 14.6. The van der Waals surface area contributed by atoms with E-state index >= 15 is 0 Å². The Morgan fingerprint density at radius 1 is 1.42 bits per heavy atom. The summed E-state index contributed by atoms with van der Waals surface area (Å²) in [5.74, 6) is -1.42. The van der Waals surface area contributed by atoms with Gasteiger partial charge in [0.2, 0.25) is 5.91 Å². The maximum Gasteiger partial charge on any atom is 0.335 e. The molecule has 4 N–H and O–H groups in total. The van der Waals surface area contributed by atoms with Crippen LogP contribution in [0.4, 0.5) is 5.69 Å². The van der Waals surface area contributed by atoms with Gasteiger partial charge in [0.25, 0.3) is 0 Å². The highest BCUT2D eigenvalue weighted by atomic mass is 35.5. The molecular weight excluding hydrogens is 268 g/mol. The normalized spacial score (nSPS) is 13.7. The second-order valence-corrected chi connectivity index (χ2v) is 4.87. The molecule has 1 aromatic carbocycles. The lowest BCUT2D eigenvalue weighted by Gasteiger charge is -2.18. The molecule has 5 nitrogen and oxygen atoms in total. The van der Waals surface area contributed by atoms with Gasteiger partial charge < -0.3 is 16.2 Å². The van der Waals surface area contributed by atoms with Gasteiger partial charge in [0.1, 0.15) is 0 Å². The Kier molecular flexibility index (Phi) is 5.32. The Labute approximate surface area is 116 Å². The SMILES string of the molecule is CC[C@H](C)[C@H](N)C(=O)Nc1cc(Cl)cc(C(=O)O)c1. The lowest BCUT2D eigenvalue weighted by Crippen LogP contribution is -2.40. The fourth-order valence-corrected chi connectivity index (χ4v) is 1.76. The van der Waals surface area contributed by atoms with Gasteiger partial charge in [-0.1, -0.05) is 31.9 Å². The van der Waals surface area contributed by atoms with Gasteiger partial charge in [0, 0.05) is 10.7 Å². The third-order valence-electron chi connectivity index (χ3n) is 2.97. The van der Waals surface area contributed by atoms with Crippen molar-refractivity contribution in [2.75, 3.05) is 5.32 Å².